The van der Waals surface area contributed by atoms with Crippen LogP contribution in [-0.2, 0) is 6.42 Å². The van der Waals surface area contributed by atoms with Crippen molar-refractivity contribution in [3.63, 3.8) is 0 Å². The highest BCUT2D eigenvalue weighted by Gasteiger charge is 2.20. The van der Waals surface area contributed by atoms with Crippen LogP contribution in [0.1, 0.15) is 30.0 Å². The molecule has 4 heteroatoms. The lowest BCUT2D eigenvalue weighted by Crippen LogP contribution is -2.34. The summed E-state index contributed by atoms with van der Waals surface area (Å²) in [6, 6.07) is 17.0. The molecule has 0 bridgehead atoms. The van der Waals surface area contributed by atoms with Crippen molar-refractivity contribution in [3.8, 4) is 0 Å². The second-order valence-corrected chi connectivity index (χ2v) is 6.57. The number of rotatable bonds is 2. The number of nitrogens with one attached hydrogen (secondary N) is 2. The van der Waals surface area contributed by atoms with Crippen LogP contribution >= 0.6 is 28.1 Å². The number of anilines is 1. The number of fused-ring (bicyclic) bond motifs is 1. The average Bonchev–Trinajstić information content (AvgIpc) is 2.50. The first-order chi connectivity index (χ1) is 10.2. The summed E-state index contributed by atoms with van der Waals surface area (Å²) < 4.78 is 1.06. The first kappa shape index (κ1) is 14.5. The molecule has 21 heavy (non-hydrogen) atoms. The van der Waals surface area contributed by atoms with Gasteiger partial charge in [0.15, 0.2) is 5.11 Å². The molecule has 0 saturated carbocycles. The maximum atomic E-state index is 5.44. The maximum Gasteiger partial charge on any atom is 0.171 e. The van der Waals surface area contributed by atoms with Gasteiger partial charge in [-0.2, -0.15) is 0 Å². The summed E-state index contributed by atoms with van der Waals surface area (Å²) in [5, 5.41) is 7.37. The topological polar surface area (TPSA) is 24.1 Å². The first-order valence-corrected chi connectivity index (χ1v) is 8.33. The Morgan fingerprint density at radius 3 is 2.67 bits per heavy atom. The first-order valence-electron chi connectivity index (χ1n) is 7.13. The summed E-state index contributed by atoms with van der Waals surface area (Å²) in [6.07, 6.45) is 3.50. The molecular formula is C17H17BrN2S. The predicted molar refractivity (Wildman–Crippen MR) is 95.6 cm³/mol. The largest absolute Gasteiger partial charge is 0.356 e. The lowest BCUT2D eigenvalue weighted by atomic mass is 9.88. The zero-order valence-electron chi connectivity index (χ0n) is 11.6. The number of benzene rings is 2. The summed E-state index contributed by atoms with van der Waals surface area (Å²) >= 11 is 8.88. The lowest BCUT2D eigenvalue weighted by molar-refractivity contribution is 0.529. The van der Waals surface area contributed by atoms with Gasteiger partial charge in [0.2, 0.25) is 0 Å². The van der Waals surface area contributed by atoms with Crippen LogP contribution in [0.25, 0.3) is 0 Å². The normalized spacial score (nSPS) is 16.9. The van der Waals surface area contributed by atoms with Gasteiger partial charge in [-0.1, -0.05) is 40.2 Å². The van der Waals surface area contributed by atoms with Gasteiger partial charge in [-0.15, -0.1) is 0 Å². The molecule has 0 aromatic heterocycles. The molecule has 2 nitrogen and oxygen atoms in total. The number of aryl methyl sites for hydroxylation is 1. The highest BCUT2D eigenvalue weighted by Crippen LogP contribution is 2.29. The molecule has 0 fully saturated rings. The van der Waals surface area contributed by atoms with Crippen LogP contribution in [0.5, 0.6) is 0 Å². The quantitative estimate of drug-likeness (QED) is 0.751. The van der Waals surface area contributed by atoms with Gasteiger partial charge in [0.25, 0.3) is 0 Å². The van der Waals surface area contributed by atoms with Crippen LogP contribution in [-0.4, -0.2) is 5.11 Å². The van der Waals surface area contributed by atoms with E-state index >= 15 is 0 Å². The molecule has 0 spiro atoms. The number of halogens is 1. The summed E-state index contributed by atoms with van der Waals surface area (Å²) in [6.45, 7) is 0. The zero-order valence-corrected chi connectivity index (χ0v) is 14.0. The fourth-order valence-electron chi connectivity index (χ4n) is 2.76. The lowest BCUT2D eigenvalue weighted by Gasteiger charge is -2.27. The highest BCUT2D eigenvalue weighted by atomic mass is 79.9. The van der Waals surface area contributed by atoms with Crippen LogP contribution in [0.2, 0.25) is 0 Å². The second kappa shape index (κ2) is 6.58. The average molecular weight is 361 g/mol. The van der Waals surface area contributed by atoms with Crippen molar-refractivity contribution in [2.24, 2.45) is 0 Å². The van der Waals surface area contributed by atoms with Crippen molar-refractivity contribution in [2.75, 3.05) is 5.32 Å². The number of hydrogen-bond acceptors (Lipinski definition) is 1. The fourth-order valence-corrected chi connectivity index (χ4v) is 3.29. The molecule has 1 aliphatic rings. The van der Waals surface area contributed by atoms with E-state index in [9.17, 15) is 0 Å². The van der Waals surface area contributed by atoms with E-state index in [1.54, 1.807) is 0 Å². The van der Waals surface area contributed by atoms with E-state index in [1.807, 2.05) is 24.3 Å². The second-order valence-electron chi connectivity index (χ2n) is 5.25. The van der Waals surface area contributed by atoms with E-state index < -0.39 is 0 Å². The Morgan fingerprint density at radius 2 is 1.86 bits per heavy atom. The van der Waals surface area contributed by atoms with Crippen LogP contribution in [0.4, 0.5) is 5.69 Å². The molecule has 0 saturated heterocycles. The number of thiocarbonyl (C=S) groups is 1. The monoisotopic (exact) mass is 360 g/mol. The third-order valence-electron chi connectivity index (χ3n) is 3.78. The maximum absolute atomic E-state index is 5.44. The van der Waals surface area contributed by atoms with Crippen LogP contribution < -0.4 is 10.6 Å². The summed E-state index contributed by atoms with van der Waals surface area (Å²) in [5.74, 6) is 0. The SMILES string of the molecule is S=C(Nc1ccc(Br)cc1)NC1CCCc2ccccc21. The van der Waals surface area contributed by atoms with E-state index in [4.69, 9.17) is 12.2 Å². The van der Waals surface area contributed by atoms with E-state index in [0.717, 1.165) is 16.6 Å². The van der Waals surface area contributed by atoms with Crippen molar-refractivity contribution in [1.82, 2.24) is 5.32 Å². The molecule has 0 amide bonds. The minimum atomic E-state index is 0.311. The van der Waals surface area contributed by atoms with Gasteiger partial charge in [-0.05, 0) is 66.9 Å². The van der Waals surface area contributed by atoms with E-state index in [0.29, 0.717) is 11.2 Å². The van der Waals surface area contributed by atoms with Gasteiger partial charge in [0.05, 0.1) is 6.04 Å². The van der Waals surface area contributed by atoms with Gasteiger partial charge in [-0.25, -0.2) is 0 Å². The van der Waals surface area contributed by atoms with Crippen LogP contribution in [0, 0.1) is 0 Å². The third kappa shape index (κ3) is 3.63. The molecule has 1 unspecified atom stereocenters. The Bertz CT molecular complexity index is 639. The van der Waals surface area contributed by atoms with Crippen molar-refractivity contribution >= 4 is 38.9 Å². The Hall–Kier alpha value is -1.39. The van der Waals surface area contributed by atoms with Gasteiger partial charge in [-0.3, -0.25) is 0 Å². The van der Waals surface area contributed by atoms with Crippen LogP contribution in [0.3, 0.4) is 0 Å². The molecular weight excluding hydrogens is 344 g/mol. The van der Waals surface area contributed by atoms with Gasteiger partial charge in [0, 0.05) is 10.2 Å². The van der Waals surface area contributed by atoms with E-state index in [-0.39, 0.29) is 0 Å². The van der Waals surface area contributed by atoms with E-state index in [1.165, 1.54) is 24.0 Å². The standard InChI is InChI=1S/C17H17BrN2S/c18-13-8-10-14(11-9-13)19-17(21)20-16-7-3-5-12-4-1-2-6-15(12)16/h1-2,4,6,8-11,16H,3,5,7H2,(H2,19,20,21). The summed E-state index contributed by atoms with van der Waals surface area (Å²) in [4.78, 5) is 0. The van der Waals surface area contributed by atoms with Crippen molar-refractivity contribution in [1.29, 1.82) is 0 Å². The molecule has 1 aliphatic carbocycles. The van der Waals surface area contributed by atoms with Gasteiger partial charge >= 0.3 is 0 Å². The molecule has 0 aliphatic heterocycles. The minimum Gasteiger partial charge on any atom is -0.356 e. The Morgan fingerprint density at radius 1 is 1.10 bits per heavy atom. The fraction of sp³-hybridized carbons (Fsp3) is 0.235. The third-order valence-corrected chi connectivity index (χ3v) is 4.53. The van der Waals surface area contributed by atoms with Gasteiger partial charge in [0.1, 0.15) is 0 Å². The zero-order chi connectivity index (χ0) is 14.7. The predicted octanol–water partition coefficient (Wildman–Crippen LogP) is 4.81. The van der Waals surface area contributed by atoms with Gasteiger partial charge < -0.3 is 10.6 Å². The Labute approximate surface area is 139 Å². The minimum absolute atomic E-state index is 0.311. The Kier molecular flexibility index (Phi) is 4.56. The molecule has 0 heterocycles. The summed E-state index contributed by atoms with van der Waals surface area (Å²) in [7, 11) is 0. The van der Waals surface area contributed by atoms with Crippen molar-refractivity contribution < 1.29 is 0 Å². The highest BCUT2D eigenvalue weighted by molar-refractivity contribution is 9.10. The number of hydrogen-bond donors (Lipinski definition) is 2. The summed E-state index contributed by atoms with van der Waals surface area (Å²) in [5.41, 5.74) is 3.82. The van der Waals surface area contributed by atoms with Crippen molar-refractivity contribution in [2.45, 2.75) is 25.3 Å². The van der Waals surface area contributed by atoms with Crippen LogP contribution in [0.15, 0.2) is 53.0 Å². The van der Waals surface area contributed by atoms with E-state index in [2.05, 4.69) is 50.8 Å². The molecule has 3 rings (SSSR count). The molecule has 0 radical (unpaired) electrons. The molecule has 1 atom stereocenters. The Balaban J connectivity index is 1.67. The van der Waals surface area contributed by atoms with Crippen molar-refractivity contribution in [3.05, 3.63) is 64.1 Å². The molecule has 2 aromatic carbocycles. The smallest absolute Gasteiger partial charge is 0.171 e. The molecule has 2 aromatic rings. The molecule has 108 valence electrons. The molecule has 2 N–H and O–H groups in total.